The minimum absolute atomic E-state index is 0.00393. The molecule has 140 valence electrons. The molecule has 0 spiro atoms. The third-order valence-electron chi connectivity index (χ3n) is 3.75. The zero-order chi connectivity index (χ0) is 19.2. The number of hydrogen-bond donors (Lipinski definition) is 1. The molecule has 0 aromatic heterocycles. The van der Waals surface area contributed by atoms with Gasteiger partial charge in [-0.15, -0.1) is 0 Å². The summed E-state index contributed by atoms with van der Waals surface area (Å²) in [4.78, 5) is 12.3. The molecule has 2 atom stereocenters. The van der Waals surface area contributed by atoms with E-state index < -0.39 is 22.2 Å². The average Bonchev–Trinajstić information content (AvgIpc) is 3.07. The molecule has 0 aromatic carbocycles. The van der Waals surface area contributed by atoms with Crippen LogP contribution in [-0.4, -0.2) is 35.4 Å². The maximum atomic E-state index is 12.4. The van der Waals surface area contributed by atoms with Gasteiger partial charge in [-0.25, -0.2) is 0 Å². The molecule has 26 heavy (non-hydrogen) atoms. The molecule has 0 fully saturated rings. The molecule has 2 rings (SSSR count). The van der Waals surface area contributed by atoms with Gasteiger partial charge < -0.3 is 10.1 Å². The summed E-state index contributed by atoms with van der Waals surface area (Å²) in [5.41, 5.74) is -4.29. The molecule has 0 saturated carbocycles. The van der Waals surface area contributed by atoms with E-state index in [2.05, 4.69) is 5.32 Å². The fourth-order valence-corrected chi connectivity index (χ4v) is 3.13. The van der Waals surface area contributed by atoms with Gasteiger partial charge in [-0.1, -0.05) is 36.5 Å². The summed E-state index contributed by atoms with van der Waals surface area (Å²) in [6.45, 7) is 1.89. The number of amides is 1. The van der Waals surface area contributed by atoms with Gasteiger partial charge in [0.2, 0.25) is 0 Å². The van der Waals surface area contributed by atoms with Crippen molar-refractivity contribution in [2.24, 2.45) is 0 Å². The van der Waals surface area contributed by atoms with Gasteiger partial charge in [0, 0.05) is 10.8 Å². The Hall–Kier alpha value is -1.98. The summed E-state index contributed by atoms with van der Waals surface area (Å²) in [5, 5.41) is 11.2. The minimum Gasteiger partial charge on any atom is -0.373 e. The maximum absolute atomic E-state index is 12.4. The van der Waals surface area contributed by atoms with E-state index in [1.54, 1.807) is 6.92 Å². The first-order valence-electron chi connectivity index (χ1n) is 8.01. The molecule has 4 nitrogen and oxygen atoms in total. The van der Waals surface area contributed by atoms with Crippen LogP contribution in [0.2, 0.25) is 0 Å². The van der Waals surface area contributed by atoms with Crippen molar-refractivity contribution in [3.05, 3.63) is 47.6 Å². The average molecular weight is 384 g/mol. The maximum Gasteiger partial charge on any atom is 0.442 e. The van der Waals surface area contributed by atoms with E-state index in [1.165, 1.54) is 18.2 Å². The van der Waals surface area contributed by atoms with Crippen molar-refractivity contribution < 1.29 is 22.7 Å². The van der Waals surface area contributed by atoms with Crippen LogP contribution in [0.4, 0.5) is 13.2 Å². The number of ether oxygens (including phenoxy) is 1. The van der Waals surface area contributed by atoms with Crippen LogP contribution in [0.15, 0.2) is 47.6 Å². The van der Waals surface area contributed by atoms with E-state index in [0.717, 1.165) is 12.0 Å². The Morgan fingerprint density at radius 1 is 1.42 bits per heavy atom. The number of nitrogens with zero attached hydrogens (tertiary/aromatic N) is 1. The lowest BCUT2D eigenvalue weighted by molar-refractivity contribution is -0.118. The Labute approximate surface area is 154 Å². The molecular formula is C18H19F3N2O2S. The van der Waals surface area contributed by atoms with Crippen LogP contribution in [0.3, 0.4) is 0 Å². The van der Waals surface area contributed by atoms with Crippen LogP contribution < -0.4 is 5.32 Å². The number of hydrogen-bond acceptors (Lipinski definition) is 4. The highest BCUT2D eigenvalue weighted by molar-refractivity contribution is 8.00. The molecule has 0 radical (unpaired) electrons. The number of rotatable bonds is 7. The molecular weight excluding hydrogens is 365 g/mol. The minimum atomic E-state index is -4.32. The van der Waals surface area contributed by atoms with Crippen molar-refractivity contribution in [1.82, 2.24) is 5.32 Å². The number of nitriles is 1. The van der Waals surface area contributed by atoms with Crippen LogP contribution in [0.25, 0.3) is 0 Å². The van der Waals surface area contributed by atoms with Gasteiger partial charge in [0.05, 0.1) is 19.3 Å². The normalized spacial score (nSPS) is 21.6. The largest absolute Gasteiger partial charge is 0.442 e. The Balaban J connectivity index is 1.85. The highest BCUT2D eigenvalue weighted by Gasteiger charge is 2.33. The predicted molar refractivity (Wildman–Crippen MR) is 94.1 cm³/mol. The summed E-state index contributed by atoms with van der Waals surface area (Å²) in [7, 11) is 0. The first-order valence-corrected chi connectivity index (χ1v) is 8.89. The summed E-state index contributed by atoms with van der Waals surface area (Å²) in [5.74, 6) is -0.510. The number of nitrogens with one attached hydrogen (secondary N) is 1. The number of carbonyl (C=O) groups excluding carboxylic acids is 1. The smallest absolute Gasteiger partial charge is 0.373 e. The van der Waals surface area contributed by atoms with Crippen molar-refractivity contribution in [1.29, 1.82) is 5.26 Å². The zero-order valence-electron chi connectivity index (χ0n) is 14.2. The van der Waals surface area contributed by atoms with Gasteiger partial charge in [-0.05, 0) is 37.1 Å². The standard InChI is InChI=1S/C18H19F3N2O2S/c1-17(11-22,12-25-10-13-4-2-3-5-13)23-16(24)14-6-8-15(9-7-14)26-18(19,20)21/h2,4-8,15H,3,9-10,12H2,1H3,(H,23,24). The third kappa shape index (κ3) is 6.39. The van der Waals surface area contributed by atoms with E-state index in [-0.39, 0.29) is 30.4 Å². The topological polar surface area (TPSA) is 62.1 Å². The highest BCUT2D eigenvalue weighted by Crippen LogP contribution is 2.37. The monoisotopic (exact) mass is 384 g/mol. The number of thioether (sulfide) groups is 1. The van der Waals surface area contributed by atoms with E-state index in [4.69, 9.17) is 4.74 Å². The van der Waals surface area contributed by atoms with Gasteiger partial charge in [0.25, 0.3) is 5.91 Å². The lowest BCUT2D eigenvalue weighted by atomic mass is 10.0. The molecule has 0 aromatic rings. The lowest BCUT2D eigenvalue weighted by Crippen LogP contribution is -2.49. The SMILES string of the molecule is CC(C#N)(COCC1=CCC=C1)NC(=O)C1=CCC(SC(F)(F)F)C=C1. The predicted octanol–water partition coefficient (Wildman–Crippen LogP) is 3.80. The second-order valence-corrected chi connectivity index (χ2v) is 7.47. The van der Waals surface area contributed by atoms with E-state index in [1.807, 2.05) is 24.3 Å². The second kappa shape index (κ2) is 8.60. The van der Waals surface area contributed by atoms with Crippen LogP contribution >= 0.6 is 11.8 Å². The first kappa shape index (κ1) is 20.3. The van der Waals surface area contributed by atoms with Crippen molar-refractivity contribution in [3.8, 4) is 6.07 Å². The summed E-state index contributed by atoms with van der Waals surface area (Å²) >= 11 is -0.114. The number of halogens is 3. The van der Waals surface area contributed by atoms with E-state index in [0.29, 0.717) is 6.61 Å². The molecule has 1 amide bonds. The van der Waals surface area contributed by atoms with Crippen molar-refractivity contribution in [3.63, 3.8) is 0 Å². The molecule has 8 heteroatoms. The number of carbonyl (C=O) groups is 1. The molecule has 0 heterocycles. The van der Waals surface area contributed by atoms with Gasteiger partial charge in [-0.3, -0.25) is 4.79 Å². The quantitative estimate of drug-likeness (QED) is 0.725. The summed E-state index contributed by atoms with van der Waals surface area (Å²) in [6, 6.07) is 2.02. The summed E-state index contributed by atoms with van der Waals surface area (Å²) in [6.07, 6.45) is 11.1. The Kier molecular flexibility index (Phi) is 6.73. The fraction of sp³-hybridized carbons (Fsp3) is 0.444. The van der Waals surface area contributed by atoms with Crippen LogP contribution in [0.1, 0.15) is 19.8 Å². The van der Waals surface area contributed by atoms with E-state index >= 15 is 0 Å². The second-order valence-electron chi connectivity index (χ2n) is 6.16. The van der Waals surface area contributed by atoms with E-state index in [9.17, 15) is 23.2 Å². The van der Waals surface area contributed by atoms with Gasteiger partial charge >= 0.3 is 5.51 Å². The summed E-state index contributed by atoms with van der Waals surface area (Å²) < 4.78 is 42.6. The van der Waals surface area contributed by atoms with Crippen molar-refractivity contribution in [2.75, 3.05) is 13.2 Å². The molecule has 2 unspecified atom stereocenters. The molecule has 2 aliphatic carbocycles. The lowest BCUT2D eigenvalue weighted by Gasteiger charge is -2.24. The zero-order valence-corrected chi connectivity index (χ0v) is 15.0. The van der Waals surface area contributed by atoms with Gasteiger partial charge in [0.1, 0.15) is 5.54 Å². The Morgan fingerprint density at radius 3 is 2.73 bits per heavy atom. The number of alkyl halides is 3. The molecule has 1 N–H and O–H groups in total. The van der Waals surface area contributed by atoms with Crippen LogP contribution in [0.5, 0.6) is 0 Å². The van der Waals surface area contributed by atoms with Crippen LogP contribution in [-0.2, 0) is 9.53 Å². The Bertz CT molecular complexity index is 704. The molecule has 2 aliphatic rings. The van der Waals surface area contributed by atoms with Crippen LogP contribution in [0, 0.1) is 11.3 Å². The fourth-order valence-electron chi connectivity index (χ4n) is 2.43. The van der Waals surface area contributed by atoms with Gasteiger partial charge in [-0.2, -0.15) is 18.4 Å². The molecule has 0 bridgehead atoms. The Morgan fingerprint density at radius 2 is 2.19 bits per heavy atom. The van der Waals surface area contributed by atoms with Crippen molar-refractivity contribution in [2.45, 2.75) is 36.1 Å². The highest BCUT2D eigenvalue weighted by atomic mass is 32.2. The third-order valence-corrected chi connectivity index (χ3v) is 4.67. The molecule has 0 aliphatic heterocycles. The van der Waals surface area contributed by atoms with Crippen molar-refractivity contribution >= 4 is 17.7 Å². The first-order chi connectivity index (χ1) is 12.2. The number of allylic oxidation sites excluding steroid dienone is 3. The van der Waals surface area contributed by atoms with Gasteiger partial charge in [0.15, 0.2) is 0 Å². The molecule has 0 saturated heterocycles.